The molecule has 0 bridgehead atoms. The van der Waals surface area contributed by atoms with Crippen molar-refractivity contribution in [2.45, 2.75) is 20.8 Å². The molecule has 0 atom stereocenters. The Morgan fingerprint density at radius 2 is 2.14 bits per heavy atom. The molecule has 3 N–H and O–H groups in total. The molecule has 2 aromatic heterocycles. The van der Waals surface area contributed by atoms with Crippen LogP contribution in [0.15, 0.2) is 5.38 Å². The lowest BCUT2D eigenvalue weighted by Crippen LogP contribution is -2.35. The molecule has 2 aromatic rings. The molecule has 2 rings (SSSR count). The number of hydrogen-bond donors (Lipinski definition) is 2. The van der Waals surface area contributed by atoms with Crippen molar-refractivity contribution in [2.24, 2.45) is 0 Å². The second kappa shape index (κ2) is 6.86. The maximum Gasteiger partial charge on any atom is 0.241 e. The van der Waals surface area contributed by atoms with E-state index in [1.54, 1.807) is 4.90 Å². The third kappa shape index (κ3) is 3.51. The molecule has 0 aliphatic heterocycles. The van der Waals surface area contributed by atoms with Crippen molar-refractivity contribution in [3.05, 3.63) is 11.1 Å². The number of carbonyl (C=O) groups is 1. The summed E-state index contributed by atoms with van der Waals surface area (Å²) in [6.45, 7) is 7.53. The average molecular weight is 325 g/mol. The minimum Gasteiger partial charge on any atom is -0.382 e. The van der Waals surface area contributed by atoms with Gasteiger partial charge < -0.3 is 16.0 Å². The third-order valence-corrected chi connectivity index (χ3v) is 4.86. The highest BCUT2D eigenvalue weighted by Gasteiger charge is 2.18. The first-order valence-electron chi connectivity index (χ1n) is 6.76. The van der Waals surface area contributed by atoms with Crippen LogP contribution in [0.4, 0.5) is 10.8 Å². The number of nitrogens with one attached hydrogen (secondary N) is 1. The number of aromatic nitrogens is 2. The Morgan fingerprint density at radius 3 is 2.71 bits per heavy atom. The Balaban J connectivity index is 2.13. The number of nitrogens with two attached hydrogens (primary N) is 1. The molecule has 8 heteroatoms. The molecule has 21 heavy (non-hydrogen) atoms. The fourth-order valence-corrected chi connectivity index (χ4v) is 3.57. The third-order valence-electron chi connectivity index (χ3n) is 3.07. The van der Waals surface area contributed by atoms with Crippen LogP contribution in [0.25, 0.3) is 10.6 Å². The van der Waals surface area contributed by atoms with Gasteiger partial charge in [0.25, 0.3) is 0 Å². The molecule has 0 radical (unpaired) electrons. The molecular weight excluding hydrogens is 306 g/mol. The van der Waals surface area contributed by atoms with Gasteiger partial charge in [0.1, 0.15) is 15.8 Å². The van der Waals surface area contributed by atoms with E-state index in [4.69, 9.17) is 5.73 Å². The normalized spacial score (nSPS) is 10.6. The molecule has 0 aliphatic carbocycles. The van der Waals surface area contributed by atoms with Gasteiger partial charge >= 0.3 is 0 Å². The number of aryl methyl sites for hydroxylation is 1. The minimum absolute atomic E-state index is 0.0632. The van der Waals surface area contributed by atoms with Crippen molar-refractivity contribution in [3.8, 4) is 10.6 Å². The Bertz CT molecular complexity index is 618. The van der Waals surface area contributed by atoms with Crippen LogP contribution in [0, 0.1) is 6.92 Å². The molecule has 0 unspecified atom stereocenters. The van der Waals surface area contributed by atoms with Crippen LogP contribution in [0.3, 0.4) is 0 Å². The lowest BCUT2D eigenvalue weighted by molar-refractivity contribution is -0.128. The van der Waals surface area contributed by atoms with E-state index < -0.39 is 0 Å². The largest absolute Gasteiger partial charge is 0.382 e. The van der Waals surface area contributed by atoms with E-state index in [1.165, 1.54) is 22.9 Å². The molecule has 114 valence electrons. The van der Waals surface area contributed by atoms with Crippen LogP contribution in [0.5, 0.6) is 0 Å². The summed E-state index contributed by atoms with van der Waals surface area (Å²) < 4.78 is 4.16. The number of hydrogen-bond acceptors (Lipinski definition) is 7. The fraction of sp³-hybridized carbons (Fsp3) is 0.462. The molecular formula is C13H19N5OS2. The highest BCUT2D eigenvalue weighted by molar-refractivity contribution is 7.15. The van der Waals surface area contributed by atoms with E-state index in [1.807, 2.05) is 26.2 Å². The first-order chi connectivity index (χ1) is 10.1. The van der Waals surface area contributed by atoms with Gasteiger partial charge in [-0.15, -0.1) is 11.3 Å². The van der Waals surface area contributed by atoms with Crippen molar-refractivity contribution in [3.63, 3.8) is 0 Å². The van der Waals surface area contributed by atoms with Gasteiger partial charge in [0.05, 0.1) is 12.1 Å². The van der Waals surface area contributed by atoms with Crippen molar-refractivity contribution in [2.75, 3.05) is 30.7 Å². The minimum atomic E-state index is 0.0632. The van der Waals surface area contributed by atoms with Crippen LogP contribution in [-0.4, -0.2) is 39.8 Å². The smallest absolute Gasteiger partial charge is 0.241 e. The number of thiazole rings is 1. The molecule has 1 amide bonds. The predicted molar refractivity (Wildman–Crippen MR) is 88.8 cm³/mol. The van der Waals surface area contributed by atoms with Gasteiger partial charge in [-0.2, -0.15) is 4.37 Å². The van der Waals surface area contributed by atoms with Gasteiger partial charge in [-0.3, -0.25) is 4.79 Å². The van der Waals surface area contributed by atoms with Crippen molar-refractivity contribution in [1.82, 2.24) is 14.3 Å². The molecule has 0 aliphatic rings. The van der Waals surface area contributed by atoms with Gasteiger partial charge in [-0.1, -0.05) is 0 Å². The predicted octanol–water partition coefficient (Wildman–Crippen LogP) is 2.44. The zero-order chi connectivity index (χ0) is 15.4. The number of likely N-dealkylation sites (N-methyl/N-ethyl adjacent to an activating group) is 1. The van der Waals surface area contributed by atoms with Gasteiger partial charge in [0, 0.05) is 24.2 Å². The number of rotatable bonds is 6. The standard InChI is InChI=1S/C13H19N5OS2/c1-4-18(5-2)9(19)6-15-12-10(11(14)17-21-12)13-16-8(3)7-20-13/h7,15H,4-6H2,1-3H3,(H2,14,17). The average Bonchev–Trinajstić information content (AvgIpc) is 3.03. The Kier molecular flexibility index (Phi) is 5.13. The summed E-state index contributed by atoms with van der Waals surface area (Å²) >= 11 is 2.78. The Morgan fingerprint density at radius 1 is 1.43 bits per heavy atom. The van der Waals surface area contributed by atoms with Gasteiger partial charge in [0.2, 0.25) is 5.91 Å². The number of nitrogen functional groups attached to an aromatic ring is 1. The number of nitrogens with zero attached hydrogens (tertiary/aromatic N) is 3. The maximum atomic E-state index is 12.0. The highest BCUT2D eigenvalue weighted by atomic mass is 32.1. The Labute approximate surface area is 132 Å². The lowest BCUT2D eigenvalue weighted by atomic mass is 10.3. The van der Waals surface area contributed by atoms with Gasteiger partial charge in [-0.25, -0.2) is 4.98 Å². The summed E-state index contributed by atoms with van der Waals surface area (Å²) in [5.41, 5.74) is 7.68. The summed E-state index contributed by atoms with van der Waals surface area (Å²) in [4.78, 5) is 18.3. The molecule has 0 fully saturated rings. The molecule has 0 aromatic carbocycles. The van der Waals surface area contributed by atoms with Crippen molar-refractivity contribution < 1.29 is 4.79 Å². The zero-order valence-electron chi connectivity index (χ0n) is 12.3. The first kappa shape index (κ1) is 15.7. The second-order valence-corrected chi connectivity index (χ2v) is 6.12. The quantitative estimate of drug-likeness (QED) is 0.852. The van der Waals surface area contributed by atoms with Crippen LogP contribution in [-0.2, 0) is 4.79 Å². The number of carbonyl (C=O) groups excluding carboxylic acids is 1. The maximum absolute atomic E-state index is 12.0. The van der Waals surface area contributed by atoms with E-state index in [0.29, 0.717) is 18.9 Å². The van der Waals surface area contributed by atoms with Crippen LogP contribution in [0.2, 0.25) is 0 Å². The molecule has 0 saturated heterocycles. The second-order valence-electron chi connectivity index (χ2n) is 4.49. The number of amides is 1. The van der Waals surface area contributed by atoms with Crippen molar-refractivity contribution >= 4 is 39.6 Å². The van der Waals surface area contributed by atoms with Gasteiger partial charge in [0.15, 0.2) is 0 Å². The van der Waals surface area contributed by atoms with Crippen LogP contribution >= 0.6 is 22.9 Å². The lowest BCUT2D eigenvalue weighted by Gasteiger charge is -2.18. The van der Waals surface area contributed by atoms with E-state index in [2.05, 4.69) is 14.7 Å². The van der Waals surface area contributed by atoms with E-state index in [9.17, 15) is 4.79 Å². The van der Waals surface area contributed by atoms with Gasteiger partial charge in [-0.05, 0) is 32.3 Å². The van der Waals surface area contributed by atoms with Crippen LogP contribution < -0.4 is 11.1 Å². The monoisotopic (exact) mass is 325 g/mol. The van der Waals surface area contributed by atoms with E-state index in [-0.39, 0.29) is 12.5 Å². The topological polar surface area (TPSA) is 84.1 Å². The zero-order valence-corrected chi connectivity index (χ0v) is 14.0. The molecule has 0 spiro atoms. The molecule has 2 heterocycles. The number of anilines is 2. The molecule has 0 saturated carbocycles. The molecule has 6 nitrogen and oxygen atoms in total. The van der Waals surface area contributed by atoms with Crippen molar-refractivity contribution in [1.29, 1.82) is 0 Å². The SMILES string of the molecule is CCN(CC)C(=O)CNc1snc(N)c1-c1nc(C)cs1. The highest BCUT2D eigenvalue weighted by Crippen LogP contribution is 2.38. The summed E-state index contributed by atoms with van der Waals surface area (Å²) in [7, 11) is 0. The summed E-state index contributed by atoms with van der Waals surface area (Å²) in [5, 5.41) is 6.74. The van der Waals surface area contributed by atoms with E-state index in [0.717, 1.165) is 21.3 Å². The van der Waals surface area contributed by atoms with E-state index >= 15 is 0 Å². The summed E-state index contributed by atoms with van der Waals surface area (Å²) in [5.74, 6) is 0.514. The first-order valence-corrected chi connectivity index (χ1v) is 8.41. The summed E-state index contributed by atoms with van der Waals surface area (Å²) in [6.07, 6.45) is 0. The van der Waals surface area contributed by atoms with Crippen LogP contribution in [0.1, 0.15) is 19.5 Å². The fourth-order valence-electron chi connectivity index (χ4n) is 1.94. The summed E-state index contributed by atoms with van der Waals surface area (Å²) in [6, 6.07) is 0. The Hall–Kier alpha value is -1.67.